The molecule has 0 aliphatic heterocycles. The van der Waals surface area contributed by atoms with Crippen molar-refractivity contribution >= 4 is 8.32 Å². The average Bonchev–Trinajstić information content (AvgIpc) is 2.08. The number of hydrogen-bond donors (Lipinski definition) is 1. The zero-order valence-electron chi connectivity index (χ0n) is 12.0. The van der Waals surface area contributed by atoms with Crippen LogP contribution in [-0.4, -0.2) is 26.1 Å². The maximum Gasteiger partial charge on any atom is 0.192 e. The quantitative estimate of drug-likeness (QED) is 0.600. The molecule has 0 aromatic rings. The average molecular weight is 256 g/mol. The smallest absolute Gasteiger partial charge is 0.192 e. The molecule has 1 aliphatic carbocycles. The molecule has 1 unspecified atom stereocenters. The lowest BCUT2D eigenvalue weighted by Crippen LogP contribution is -2.46. The van der Waals surface area contributed by atoms with Gasteiger partial charge in [0.05, 0.1) is 12.7 Å². The van der Waals surface area contributed by atoms with E-state index >= 15 is 0 Å². The summed E-state index contributed by atoms with van der Waals surface area (Å²) in [5.41, 5.74) is 0. The van der Waals surface area contributed by atoms with Crippen LogP contribution in [0.5, 0.6) is 0 Å². The maximum absolute atomic E-state index is 8.91. The lowest BCUT2D eigenvalue weighted by molar-refractivity contribution is 0.107. The number of rotatable bonds is 5. The monoisotopic (exact) mass is 256 g/mol. The molecule has 17 heavy (non-hydrogen) atoms. The van der Waals surface area contributed by atoms with Gasteiger partial charge < -0.3 is 9.53 Å². The standard InChI is InChI=1S/C14H28O2Si/c1-14(2,3)17(4,5)16-13(10-7-11-15)12-8-6-9-12/h7,10,12-13,15H,6,8-9,11H2,1-5H3. The van der Waals surface area contributed by atoms with Crippen molar-refractivity contribution in [1.82, 2.24) is 0 Å². The van der Waals surface area contributed by atoms with Gasteiger partial charge in [-0.3, -0.25) is 0 Å². The third-order valence-electron chi connectivity index (χ3n) is 4.28. The fraction of sp³-hybridized carbons (Fsp3) is 0.857. The minimum atomic E-state index is -1.70. The van der Waals surface area contributed by atoms with Crippen molar-refractivity contribution in [3.05, 3.63) is 12.2 Å². The van der Waals surface area contributed by atoms with Gasteiger partial charge in [0.1, 0.15) is 0 Å². The molecule has 3 heteroatoms. The molecule has 1 N–H and O–H groups in total. The molecule has 0 spiro atoms. The molecular formula is C14H28O2Si. The first-order valence-corrected chi connectivity index (χ1v) is 9.64. The van der Waals surface area contributed by atoms with E-state index in [0.717, 1.165) is 0 Å². The van der Waals surface area contributed by atoms with Crippen LogP contribution >= 0.6 is 0 Å². The summed E-state index contributed by atoms with van der Waals surface area (Å²) in [6.45, 7) is 11.5. The molecule has 0 radical (unpaired) electrons. The van der Waals surface area contributed by atoms with Gasteiger partial charge in [0, 0.05) is 0 Å². The van der Waals surface area contributed by atoms with Crippen molar-refractivity contribution in [3.8, 4) is 0 Å². The molecule has 0 heterocycles. The van der Waals surface area contributed by atoms with Crippen LogP contribution < -0.4 is 0 Å². The third-order valence-corrected chi connectivity index (χ3v) is 8.76. The summed E-state index contributed by atoms with van der Waals surface area (Å²) in [7, 11) is -1.70. The topological polar surface area (TPSA) is 29.5 Å². The van der Waals surface area contributed by atoms with E-state index in [-0.39, 0.29) is 17.7 Å². The van der Waals surface area contributed by atoms with Crippen molar-refractivity contribution in [3.63, 3.8) is 0 Å². The van der Waals surface area contributed by atoms with Gasteiger partial charge in [-0.1, -0.05) is 39.3 Å². The summed E-state index contributed by atoms with van der Waals surface area (Å²) in [5, 5.41) is 9.17. The Morgan fingerprint density at radius 1 is 1.35 bits per heavy atom. The third kappa shape index (κ3) is 3.93. The Morgan fingerprint density at radius 2 is 1.94 bits per heavy atom. The first-order chi connectivity index (χ1) is 7.78. The predicted molar refractivity (Wildman–Crippen MR) is 75.6 cm³/mol. The van der Waals surface area contributed by atoms with E-state index in [0.29, 0.717) is 5.92 Å². The second kappa shape index (κ2) is 5.68. The van der Waals surface area contributed by atoms with Crippen LogP contribution in [0, 0.1) is 5.92 Å². The zero-order chi connectivity index (χ0) is 13.1. The Kier molecular flexibility index (Phi) is 4.99. The maximum atomic E-state index is 8.91. The van der Waals surface area contributed by atoms with Crippen LogP contribution in [0.1, 0.15) is 40.0 Å². The number of aliphatic hydroxyl groups excluding tert-OH is 1. The SMILES string of the molecule is CC(C)(C)[Si](C)(C)OC(C=CCO)C1CCC1. The predicted octanol–water partition coefficient (Wildman–Crippen LogP) is 3.73. The highest BCUT2D eigenvalue weighted by Gasteiger charge is 2.40. The molecule has 1 atom stereocenters. The van der Waals surface area contributed by atoms with Gasteiger partial charge in [0.25, 0.3) is 0 Å². The molecule has 0 aromatic carbocycles. The Hall–Kier alpha value is -0.123. The Labute approximate surface area is 107 Å². The summed E-state index contributed by atoms with van der Waals surface area (Å²) in [6.07, 6.45) is 8.00. The van der Waals surface area contributed by atoms with E-state index in [1.165, 1.54) is 19.3 Å². The van der Waals surface area contributed by atoms with Crippen LogP contribution in [0.4, 0.5) is 0 Å². The summed E-state index contributed by atoms with van der Waals surface area (Å²) >= 11 is 0. The van der Waals surface area contributed by atoms with Crippen LogP contribution in [0.15, 0.2) is 12.2 Å². The Balaban J connectivity index is 2.68. The molecular weight excluding hydrogens is 228 g/mol. The minimum absolute atomic E-state index is 0.115. The van der Waals surface area contributed by atoms with E-state index in [1.807, 2.05) is 6.08 Å². The van der Waals surface area contributed by atoms with Crippen molar-refractivity contribution in [2.45, 2.75) is 64.3 Å². The summed E-state index contributed by atoms with van der Waals surface area (Å²) in [5.74, 6) is 0.673. The highest BCUT2D eigenvalue weighted by atomic mass is 28.4. The number of aliphatic hydroxyl groups is 1. The molecule has 1 saturated carbocycles. The van der Waals surface area contributed by atoms with Gasteiger partial charge in [-0.05, 0) is 36.9 Å². The summed E-state index contributed by atoms with van der Waals surface area (Å²) < 4.78 is 6.45. The van der Waals surface area contributed by atoms with Gasteiger partial charge in [0.15, 0.2) is 8.32 Å². The molecule has 2 nitrogen and oxygen atoms in total. The van der Waals surface area contributed by atoms with Gasteiger partial charge in [-0.2, -0.15) is 0 Å². The van der Waals surface area contributed by atoms with E-state index in [4.69, 9.17) is 9.53 Å². The molecule has 1 fully saturated rings. The fourth-order valence-corrected chi connectivity index (χ4v) is 3.08. The first kappa shape index (κ1) is 14.9. The minimum Gasteiger partial charge on any atom is -0.410 e. The van der Waals surface area contributed by atoms with E-state index in [9.17, 15) is 0 Å². The fourth-order valence-electron chi connectivity index (χ4n) is 1.77. The molecule has 1 aliphatic rings. The van der Waals surface area contributed by atoms with Crippen LogP contribution in [0.25, 0.3) is 0 Å². The van der Waals surface area contributed by atoms with Crippen LogP contribution in [0.3, 0.4) is 0 Å². The second-order valence-electron chi connectivity index (χ2n) is 6.64. The largest absolute Gasteiger partial charge is 0.410 e. The van der Waals surface area contributed by atoms with Gasteiger partial charge in [-0.15, -0.1) is 0 Å². The molecule has 0 aromatic heterocycles. The van der Waals surface area contributed by atoms with Crippen molar-refractivity contribution in [2.24, 2.45) is 5.92 Å². The van der Waals surface area contributed by atoms with Gasteiger partial charge in [0.2, 0.25) is 0 Å². The van der Waals surface area contributed by atoms with Crippen molar-refractivity contribution < 1.29 is 9.53 Å². The Morgan fingerprint density at radius 3 is 2.29 bits per heavy atom. The molecule has 1 rings (SSSR count). The lowest BCUT2D eigenvalue weighted by atomic mass is 9.81. The second-order valence-corrected chi connectivity index (χ2v) is 11.4. The summed E-state index contributed by atoms with van der Waals surface area (Å²) in [6, 6.07) is 0. The van der Waals surface area contributed by atoms with Gasteiger partial charge in [-0.25, -0.2) is 0 Å². The van der Waals surface area contributed by atoms with Crippen LogP contribution in [-0.2, 0) is 4.43 Å². The molecule has 0 bridgehead atoms. The van der Waals surface area contributed by atoms with Crippen molar-refractivity contribution in [1.29, 1.82) is 0 Å². The van der Waals surface area contributed by atoms with E-state index in [2.05, 4.69) is 39.9 Å². The normalized spacial score (nSPS) is 20.6. The van der Waals surface area contributed by atoms with Crippen molar-refractivity contribution in [2.75, 3.05) is 6.61 Å². The van der Waals surface area contributed by atoms with E-state index in [1.54, 1.807) is 0 Å². The Bertz CT molecular complexity index is 262. The van der Waals surface area contributed by atoms with Crippen LogP contribution in [0.2, 0.25) is 18.1 Å². The lowest BCUT2D eigenvalue weighted by Gasteiger charge is -2.42. The molecule has 0 amide bonds. The van der Waals surface area contributed by atoms with E-state index < -0.39 is 8.32 Å². The summed E-state index contributed by atoms with van der Waals surface area (Å²) in [4.78, 5) is 0. The molecule has 0 saturated heterocycles. The number of hydrogen-bond acceptors (Lipinski definition) is 2. The zero-order valence-corrected chi connectivity index (χ0v) is 13.0. The highest BCUT2D eigenvalue weighted by molar-refractivity contribution is 6.74. The molecule has 100 valence electrons. The van der Waals surface area contributed by atoms with Gasteiger partial charge >= 0.3 is 0 Å². The highest BCUT2D eigenvalue weighted by Crippen LogP contribution is 2.40. The first-order valence-electron chi connectivity index (χ1n) is 6.73.